The zero-order chi connectivity index (χ0) is 13.0. The maximum Gasteiger partial charge on any atom is 0.220 e. The van der Waals surface area contributed by atoms with Gasteiger partial charge in [-0.15, -0.1) is 0 Å². The molecule has 4 N–H and O–H groups in total. The monoisotopic (exact) mass is 253 g/mol. The van der Waals surface area contributed by atoms with Gasteiger partial charge in [-0.2, -0.15) is 0 Å². The number of hydrogen-bond acceptors (Lipinski definition) is 3. The topological polar surface area (TPSA) is 67.2 Å². The lowest BCUT2D eigenvalue weighted by atomic mass is 9.85. The van der Waals surface area contributed by atoms with E-state index in [1.165, 1.54) is 25.7 Å². The van der Waals surface area contributed by atoms with Gasteiger partial charge in [-0.05, 0) is 56.5 Å². The van der Waals surface area contributed by atoms with Crippen LogP contribution in [0.25, 0.3) is 0 Å². The summed E-state index contributed by atoms with van der Waals surface area (Å²) in [6.45, 7) is 5.04. The van der Waals surface area contributed by atoms with E-state index in [1.54, 1.807) is 0 Å². The summed E-state index contributed by atoms with van der Waals surface area (Å²) in [4.78, 5) is 11.9. The van der Waals surface area contributed by atoms with Gasteiger partial charge >= 0.3 is 0 Å². The van der Waals surface area contributed by atoms with Crippen molar-refractivity contribution in [2.24, 2.45) is 23.5 Å². The van der Waals surface area contributed by atoms with E-state index in [0.717, 1.165) is 13.1 Å². The number of carbonyl (C=O) groups is 1. The minimum Gasteiger partial charge on any atom is -0.355 e. The fourth-order valence-electron chi connectivity index (χ4n) is 2.82. The van der Waals surface area contributed by atoms with Gasteiger partial charge in [-0.3, -0.25) is 4.79 Å². The molecule has 1 amide bonds. The molecule has 1 aliphatic heterocycles. The van der Waals surface area contributed by atoms with Crippen molar-refractivity contribution in [3.63, 3.8) is 0 Å². The first kappa shape index (κ1) is 13.8. The molecule has 2 fully saturated rings. The summed E-state index contributed by atoms with van der Waals surface area (Å²) in [6, 6.07) is 0.167. The quantitative estimate of drug-likeness (QED) is 0.658. The highest BCUT2D eigenvalue weighted by Gasteiger charge is 2.28. The summed E-state index contributed by atoms with van der Waals surface area (Å²) in [5.41, 5.74) is 5.98. The van der Waals surface area contributed by atoms with Gasteiger partial charge < -0.3 is 16.4 Å². The Morgan fingerprint density at radius 2 is 2.17 bits per heavy atom. The molecule has 3 atom stereocenters. The highest BCUT2D eigenvalue weighted by atomic mass is 16.1. The molecule has 1 saturated heterocycles. The third kappa shape index (κ3) is 4.25. The van der Waals surface area contributed by atoms with Gasteiger partial charge in [-0.1, -0.05) is 6.92 Å². The van der Waals surface area contributed by atoms with Gasteiger partial charge in [0.1, 0.15) is 0 Å². The smallest absolute Gasteiger partial charge is 0.220 e. The maximum absolute atomic E-state index is 11.9. The second kappa shape index (κ2) is 6.53. The highest BCUT2D eigenvalue weighted by molar-refractivity contribution is 5.76. The van der Waals surface area contributed by atoms with Crippen molar-refractivity contribution < 1.29 is 4.79 Å². The number of carbonyl (C=O) groups excluding carboxylic acids is 1. The van der Waals surface area contributed by atoms with Crippen molar-refractivity contribution in [2.75, 3.05) is 19.6 Å². The maximum atomic E-state index is 11.9. The van der Waals surface area contributed by atoms with Crippen LogP contribution in [0.5, 0.6) is 0 Å². The lowest BCUT2D eigenvalue weighted by molar-refractivity contribution is -0.122. The number of piperidine rings is 1. The van der Waals surface area contributed by atoms with E-state index in [-0.39, 0.29) is 11.9 Å². The van der Waals surface area contributed by atoms with E-state index in [0.29, 0.717) is 30.7 Å². The van der Waals surface area contributed by atoms with Crippen molar-refractivity contribution in [2.45, 2.75) is 45.1 Å². The van der Waals surface area contributed by atoms with Gasteiger partial charge in [0.2, 0.25) is 5.91 Å². The fraction of sp³-hybridized carbons (Fsp3) is 0.929. The zero-order valence-electron chi connectivity index (χ0n) is 11.5. The summed E-state index contributed by atoms with van der Waals surface area (Å²) in [7, 11) is 0. The fourth-order valence-corrected chi connectivity index (χ4v) is 2.82. The lowest BCUT2D eigenvalue weighted by Gasteiger charge is -2.28. The third-order valence-electron chi connectivity index (χ3n) is 4.41. The summed E-state index contributed by atoms with van der Waals surface area (Å²) < 4.78 is 0. The average molecular weight is 253 g/mol. The van der Waals surface area contributed by atoms with Crippen LogP contribution in [0.3, 0.4) is 0 Å². The molecule has 104 valence electrons. The van der Waals surface area contributed by atoms with E-state index in [9.17, 15) is 4.79 Å². The van der Waals surface area contributed by atoms with Crippen LogP contribution in [0.15, 0.2) is 0 Å². The van der Waals surface area contributed by atoms with Crippen LogP contribution >= 0.6 is 0 Å². The predicted octanol–water partition coefficient (Wildman–Crippen LogP) is 0.866. The van der Waals surface area contributed by atoms with Crippen LogP contribution in [0.4, 0.5) is 0 Å². The Morgan fingerprint density at radius 3 is 2.78 bits per heavy atom. The normalized spacial score (nSPS) is 27.6. The molecule has 1 aliphatic carbocycles. The predicted molar refractivity (Wildman–Crippen MR) is 73.1 cm³/mol. The minimum atomic E-state index is 0.167. The molecule has 18 heavy (non-hydrogen) atoms. The van der Waals surface area contributed by atoms with E-state index in [4.69, 9.17) is 5.73 Å². The Labute approximate surface area is 110 Å². The Balaban J connectivity index is 1.62. The Bertz CT molecular complexity index is 272. The van der Waals surface area contributed by atoms with Crippen molar-refractivity contribution in [3.8, 4) is 0 Å². The van der Waals surface area contributed by atoms with Crippen molar-refractivity contribution >= 4 is 5.91 Å². The van der Waals surface area contributed by atoms with Crippen molar-refractivity contribution in [1.29, 1.82) is 0 Å². The Morgan fingerprint density at radius 1 is 1.39 bits per heavy atom. The molecule has 4 nitrogen and oxygen atoms in total. The molecule has 0 aromatic heterocycles. The molecule has 0 radical (unpaired) electrons. The average Bonchev–Trinajstić information content (AvgIpc) is 3.21. The second-order valence-electron chi connectivity index (χ2n) is 6.09. The summed E-state index contributed by atoms with van der Waals surface area (Å²) in [6.07, 6.45) is 5.61. The summed E-state index contributed by atoms with van der Waals surface area (Å²) >= 11 is 0. The molecule has 3 unspecified atom stereocenters. The SMILES string of the molecule is CC(CC(=O)NCC(N)C1CC1)C1CCCNC1. The molecule has 0 bridgehead atoms. The third-order valence-corrected chi connectivity index (χ3v) is 4.41. The molecule has 1 heterocycles. The number of amides is 1. The molecular weight excluding hydrogens is 226 g/mol. The number of nitrogens with one attached hydrogen (secondary N) is 2. The molecule has 4 heteroatoms. The zero-order valence-corrected chi connectivity index (χ0v) is 11.5. The summed E-state index contributed by atoms with van der Waals surface area (Å²) in [5.74, 6) is 1.95. The van der Waals surface area contributed by atoms with Gasteiger partial charge in [-0.25, -0.2) is 0 Å². The minimum absolute atomic E-state index is 0.167. The Kier molecular flexibility index (Phi) is 5.01. The van der Waals surface area contributed by atoms with Gasteiger partial charge in [0, 0.05) is 19.0 Å². The molecule has 0 aromatic rings. The number of nitrogens with two attached hydrogens (primary N) is 1. The van der Waals surface area contributed by atoms with Gasteiger partial charge in [0.05, 0.1) is 0 Å². The molecule has 2 aliphatic rings. The molecule has 0 aromatic carbocycles. The van der Waals surface area contributed by atoms with E-state index >= 15 is 0 Å². The van der Waals surface area contributed by atoms with Gasteiger partial charge in [0.15, 0.2) is 0 Å². The van der Waals surface area contributed by atoms with Crippen LogP contribution in [-0.4, -0.2) is 31.6 Å². The number of rotatable bonds is 6. The highest BCUT2D eigenvalue weighted by Crippen LogP contribution is 2.31. The van der Waals surface area contributed by atoms with E-state index in [2.05, 4.69) is 17.6 Å². The first-order chi connectivity index (χ1) is 8.66. The van der Waals surface area contributed by atoms with Crippen molar-refractivity contribution in [3.05, 3.63) is 0 Å². The van der Waals surface area contributed by atoms with Crippen LogP contribution < -0.4 is 16.4 Å². The van der Waals surface area contributed by atoms with Crippen LogP contribution in [0.2, 0.25) is 0 Å². The first-order valence-corrected chi connectivity index (χ1v) is 7.40. The van der Waals surface area contributed by atoms with Crippen LogP contribution in [0.1, 0.15) is 39.0 Å². The molecule has 0 spiro atoms. The van der Waals surface area contributed by atoms with Crippen LogP contribution in [-0.2, 0) is 4.79 Å². The van der Waals surface area contributed by atoms with Crippen LogP contribution in [0, 0.1) is 17.8 Å². The largest absolute Gasteiger partial charge is 0.355 e. The number of hydrogen-bond donors (Lipinski definition) is 3. The molecular formula is C14H27N3O. The second-order valence-corrected chi connectivity index (χ2v) is 6.09. The van der Waals surface area contributed by atoms with E-state index in [1.807, 2.05) is 0 Å². The Hall–Kier alpha value is -0.610. The van der Waals surface area contributed by atoms with Crippen molar-refractivity contribution in [1.82, 2.24) is 10.6 Å². The standard InChI is InChI=1S/C14H27N3O/c1-10(12-3-2-6-16-8-12)7-14(18)17-9-13(15)11-4-5-11/h10-13,16H,2-9,15H2,1H3,(H,17,18). The lowest BCUT2D eigenvalue weighted by Crippen LogP contribution is -2.40. The van der Waals surface area contributed by atoms with Gasteiger partial charge in [0.25, 0.3) is 0 Å². The molecule has 1 saturated carbocycles. The summed E-state index contributed by atoms with van der Waals surface area (Å²) in [5, 5.41) is 6.40. The molecule has 2 rings (SSSR count). The van der Waals surface area contributed by atoms with E-state index < -0.39 is 0 Å². The first-order valence-electron chi connectivity index (χ1n) is 7.40.